The first-order valence-corrected chi connectivity index (χ1v) is 13.8. The number of carboxylic acid groups (broad SMARTS) is 1. The number of halogens is 3. The van der Waals surface area contributed by atoms with E-state index in [-0.39, 0.29) is 30.7 Å². The zero-order valence-electron chi connectivity index (χ0n) is 22.3. The number of carbonyl (C=O) groups is 2. The lowest BCUT2D eigenvalue weighted by molar-refractivity contribution is -0.138. The molecule has 0 aliphatic carbocycles. The van der Waals surface area contributed by atoms with Gasteiger partial charge in [0.05, 0.1) is 16.5 Å². The van der Waals surface area contributed by atoms with Gasteiger partial charge in [0.25, 0.3) is 5.91 Å². The molecule has 5 nitrogen and oxygen atoms in total. The Labute approximate surface area is 246 Å². The fourth-order valence-corrected chi connectivity index (χ4v) is 6.07. The van der Waals surface area contributed by atoms with Crippen LogP contribution in [0.25, 0.3) is 0 Å². The van der Waals surface area contributed by atoms with Gasteiger partial charge >= 0.3 is 5.97 Å². The van der Waals surface area contributed by atoms with Crippen LogP contribution >= 0.6 is 35.6 Å². The molecule has 1 amide bonds. The number of hydrogen-bond acceptors (Lipinski definition) is 3. The Morgan fingerprint density at radius 3 is 2.28 bits per heavy atom. The maximum atomic E-state index is 13.0. The summed E-state index contributed by atoms with van der Waals surface area (Å²) in [7, 11) is 1.65. The Hall–Kier alpha value is -2.73. The summed E-state index contributed by atoms with van der Waals surface area (Å²) < 4.78 is 0. The van der Waals surface area contributed by atoms with Crippen molar-refractivity contribution < 1.29 is 14.7 Å². The largest absolute Gasteiger partial charge is 0.481 e. The van der Waals surface area contributed by atoms with Crippen LogP contribution in [0.5, 0.6) is 0 Å². The van der Waals surface area contributed by atoms with E-state index < -0.39 is 11.4 Å². The second kappa shape index (κ2) is 13.6. The van der Waals surface area contributed by atoms with Crippen molar-refractivity contribution in [3.05, 3.63) is 99.0 Å². The van der Waals surface area contributed by atoms with E-state index in [0.717, 1.165) is 41.6 Å². The molecule has 1 saturated heterocycles. The minimum Gasteiger partial charge on any atom is -0.481 e. The molecule has 39 heavy (non-hydrogen) atoms. The molecule has 1 fully saturated rings. The normalized spacial score (nSPS) is 15.2. The number of carbonyl (C=O) groups excluding carboxylic acids is 1. The summed E-state index contributed by atoms with van der Waals surface area (Å²) >= 11 is 12.5. The third-order valence-electron chi connectivity index (χ3n) is 7.92. The highest BCUT2D eigenvalue weighted by Gasteiger charge is 2.39. The minimum absolute atomic E-state index is 0. The third-order valence-corrected chi connectivity index (χ3v) is 8.66. The van der Waals surface area contributed by atoms with Gasteiger partial charge in [0.1, 0.15) is 0 Å². The van der Waals surface area contributed by atoms with Crippen molar-refractivity contribution >= 4 is 53.2 Å². The molecule has 1 atom stereocenters. The summed E-state index contributed by atoms with van der Waals surface area (Å²) in [6.45, 7) is 3.54. The number of hydrogen-bond donors (Lipinski definition) is 2. The quantitative estimate of drug-likeness (QED) is 0.271. The van der Waals surface area contributed by atoms with Gasteiger partial charge in [-0.2, -0.15) is 0 Å². The summed E-state index contributed by atoms with van der Waals surface area (Å²) in [5.74, 6) is -0.751. The summed E-state index contributed by atoms with van der Waals surface area (Å²) in [5, 5.41) is 13.6. The van der Waals surface area contributed by atoms with Crippen LogP contribution in [-0.2, 0) is 16.6 Å². The van der Waals surface area contributed by atoms with E-state index in [0.29, 0.717) is 35.1 Å². The fourth-order valence-electron chi connectivity index (χ4n) is 5.77. The molecule has 208 valence electrons. The molecule has 1 unspecified atom stereocenters. The van der Waals surface area contributed by atoms with Gasteiger partial charge in [-0.05, 0) is 72.6 Å². The Morgan fingerprint density at radius 1 is 1.00 bits per heavy atom. The SMILES string of the molecule is CCC(Cc1c(C(=O)NC)cccc1N1CCC(CC(=O)O)(c2ccccc2)CC1)c1ccc(Cl)c(Cl)c1.Cl. The van der Waals surface area contributed by atoms with Crippen LogP contribution in [-0.4, -0.2) is 37.1 Å². The number of amides is 1. The van der Waals surface area contributed by atoms with Gasteiger partial charge in [-0.15, -0.1) is 12.4 Å². The lowest BCUT2D eigenvalue weighted by Gasteiger charge is -2.43. The molecular weight excluding hydrogens is 555 g/mol. The predicted octanol–water partition coefficient (Wildman–Crippen LogP) is 7.52. The number of benzene rings is 3. The van der Waals surface area contributed by atoms with Crippen molar-refractivity contribution in [3.8, 4) is 0 Å². The number of anilines is 1. The monoisotopic (exact) mass is 588 g/mol. The molecule has 1 aliphatic rings. The van der Waals surface area contributed by atoms with Crippen molar-refractivity contribution in [1.29, 1.82) is 0 Å². The molecule has 2 N–H and O–H groups in total. The van der Waals surface area contributed by atoms with E-state index in [9.17, 15) is 14.7 Å². The second-order valence-corrected chi connectivity index (χ2v) is 10.9. The number of rotatable bonds is 9. The smallest absolute Gasteiger partial charge is 0.304 e. The van der Waals surface area contributed by atoms with Gasteiger partial charge in [-0.1, -0.05) is 72.6 Å². The van der Waals surface area contributed by atoms with Crippen LogP contribution in [0.4, 0.5) is 5.69 Å². The maximum absolute atomic E-state index is 13.0. The lowest BCUT2D eigenvalue weighted by atomic mass is 9.70. The number of aliphatic carboxylic acids is 1. The molecule has 0 spiro atoms. The third kappa shape index (κ3) is 6.89. The Bertz CT molecular complexity index is 1290. The van der Waals surface area contributed by atoms with E-state index in [4.69, 9.17) is 23.2 Å². The topological polar surface area (TPSA) is 69.6 Å². The van der Waals surface area contributed by atoms with Gasteiger partial charge in [0.2, 0.25) is 0 Å². The molecule has 0 radical (unpaired) electrons. The van der Waals surface area contributed by atoms with Crippen molar-refractivity contribution in [2.24, 2.45) is 0 Å². The second-order valence-electron chi connectivity index (χ2n) is 10.1. The Kier molecular flexibility index (Phi) is 10.7. The van der Waals surface area contributed by atoms with E-state index in [1.54, 1.807) is 7.05 Å². The van der Waals surface area contributed by atoms with E-state index in [2.05, 4.69) is 23.2 Å². The van der Waals surface area contributed by atoms with Crippen molar-refractivity contribution in [2.75, 3.05) is 25.0 Å². The van der Waals surface area contributed by atoms with Crippen LogP contribution < -0.4 is 10.2 Å². The van der Waals surface area contributed by atoms with Crippen LogP contribution in [0, 0.1) is 0 Å². The van der Waals surface area contributed by atoms with Crippen LogP contribution in [0.3, 0.4) is 0 Å². The van der Waals surface area contributed by atoms with Crippen LogP contribution in [0.2, 0.25) is 10.0 Å². The minimum atomic E-state index is -0.781. The molecule has 3 aromatic rings. The predicted molar refractivity (Wildman–Crippen MR) is 162 cm³/mol. The average Bonchev–Trinajstić information content (AvgIpc) is 2.93. The summed E-state index contributed by atoms with van der Waals surface area (Å²) in [5.41, 5.74) is 4.44. The first-order valence-electron chi connectivity index (χ1n) is 13.1. The van der Waals surface area contributed by atoms with Gasteiger partial charge in [-0.3, -0.25) is 9.59 Å². The van der Waals surface area contributed by atoms with E-state index in [1.165, 1.54) is 0 Å². The van der Waals surface area contributed by atoms with Crippen molar-refractivity contribution in [3.63, 3.8) is 0 Å². The number of nitrogens with zero attached hydrogens (tertiary/aromatic N) is 1. The van der Waals surface area contributed by atoms with Gasteiger partial charge in [-0.25, -0.2) is 0 Å². The zero-order chi connectivity index (χ0) is 27.3. The van der Waals surface area contributed by atoms with Gasteiger partial charge in [0, 0.05) is 36.8 Å². The fraction of sp³-hybridized carbons (Fsp3) is 0.355. The highest BCUT2D eigenvalue weighted by molar-refractivity contribution is 6.42. The highest BCUT2D eigenvalue weighted by atomic mass is 35.5. The molecule has 0 aromatic heterocycles. The molecular formula is C31H35Cl3N2O3. The molecule has 1 heterocycles. The summed E-state index contributed by atoms with van der Waals surface area (Å²) in [4.78, 5) is 27.1. The maximum Gasteiger partial charge on any atom is 0.304 e. The van der Waals surface area contributed by atoms with Crippen molar-refractivity contribution in [1.82, 2.24) is 5.32 Å². The number of piperidine rings is 1. The molecule has 4 rings (SSSR count). The molecule has 0 saturated carbocycles. The Balaban J connectivity index is 0.00000420. The van der Waals surface area contributed by atoms with Crippen LogP contribution in [0.1, 0.15) is 65.6 Å². The number of nitrogens with one attached hydrogen (secondary N) is 1. The van der Waals surface area contributed by atoms with Gasteiger partial charge < -0.3 is 15.3 Å². The molecule has 0 bridgehead atoms. The Morgan fingerprint density at radius 2 is 1.69 bits per heavy atom. The first kappa shape index (κ1) is 30.8. The number of carboxylic acids is 1. The lowest BCUT2D eigenvalue weighted by Crippen LogP contribution is -2.44. The van der Waals surface area contributed by atoms with Crippen LogP contribution in [0.15, 0.2) is 66.7 Å². The molecule has 3 aromatic carbocycles. The first-order chi connectivity index (χ1) is 18.3. The molecule has 8 heteroatoms. The standard InChI is InChI=1S/C31H34Cl2N2O3.ClH/c1-3-21(22-12-13-26(32)27(33)19-22)18-25-24(30(38)34-2)10-7-11-28(25)35-16-14-31(15-17-35,20-29(36)37)23-8-5-4-6-9-23;/h4-13,19,21H,3,14-18,20H2,1-2H3,(H,34,38)(H,36,37);1H. The molecule has 1 aliphatic heterocycles. The van der Waals surface area contributed by atoms with Gasteiger partial charge in [0.15, 0.2) is 0 Å². The van der Waals surface area contributed by atoms with Crippen molar-refractivity contribution in [2.45, 2.75) is 50.4 Å². The summed E-state index contributed by atoms with van der Waals surface area (Å²) in [6, 6.07) is 21.6. The average molecular weight is 590 g/mol. The van der Waals surface area contributed by atoms with E-state index in [1.807, 2.05) is 60.7 Å². The zero-order valence-corrected chi connectivity index (χ0v) is 24.6. The summed E-state index contributed by atoms with van der Waals surface area (Å²) in [6.07, 6.45) is 3.08. The highest BCUT2D eigenvalue weighted by Crippen LogP contribution is 2.41. The van der Waals surface area contributed by atoms with E-state index >= 15 is 0 Å².